The molecule has 0 aliphatic rings. The largest absolute Gasteiger partial charge is 0.383 e. The fourth-order valence-electron chi connectivity index (χ4n) is 2.35. The molecule has 0 fully saturated rings. The first-order chi connectivity index (χ1) is 9.86. The molecule has 0 amide bonds. The summed E-state index contributed by atoms with van der Waals surface area (Å²) in [4.78, 5) is 2.64. The molecule has 1 atom stereocenters. The lowest BCUT2D eigenvalue weighted by molar-refractivity contribution is 0.0822. The minimum Gasteiger partial charge on any atom is -0.383 e. The van der Waals surface area contributed by atoms with Crippen LogP contribution in [0.1, 0.15) is 54.4 Å². The SMILES string of the molecule is COCC(CNCC(C)C)N(CCC(C)C)CCC(C)C. The normalized spacial score (nSPS) is 13.9. The summed E-state index contributed by atoms with van der Waals surface area (Å²) in [5.74, 6) is 2.23. The van der Waals surface area contributed by atoms with Gasteiger partial charge in [-0.05, 0) is 50.2 Å². The van der Waals surface area contributed by atoms with Gasteiger partial charge in [0.25, 0.3) is 0 Å². The minimum absolute atomic E-state index is 0.492. The maximum Gasteiger partial charge on any atom is 0.0630 e. The van der Waals surface area contributed by atoms with Gasteiger partial charge in [0.1, 0.15) is 0 Å². The number of nitrogens with zero attached hydrogens (tertiary/aromatic N) is 1. The molecule has 0 saturated carbocycles. The zero-order valence-electron chi connectivity index (χ0n) is 15.6. The third-order valence-corrected chi connectivity index (χ3v) is 3.80. The van der Waals surface area contributed by atoms with Crippen LogP contribution in [0.15, 0.2) is 0 Å². The van der Waals surface area contributed by atoms with Crippen molar-refractivity contribution in [2.45, 2.75) is 60.4 Å². The van der Waals surface area contributed by atoms with Crippen molar-refractivity contribution < 1.29 is 4.74 Å². The summed E-state index contributed by atoms with van der Waals surface area (Å²) in [7, 11) is 1.82. The van der Waals surface area contributed by atoms with E-state index in [0.717, 1.165) is 31.5 Å². The minimum atomic E-state index is 0.492. The summed E-state index contributed by atoms with van der Waals surface area (Å²) in [6.45, 7) is 19.1. The highest BCUT2D eigenvalue weighted by atomic mass is 16.5. The van der Waals surface area contributed by atoms with E-state index in [1.165, 1.54) is 25.9 Å². The van der Waals surface area contributed by atoms with E-state index < -0.39 is 0 Å². The van der Waals surface area contributed by atoms with E-state index in [-0.39, 0.29) is 0 Å². The highest BCUT2D eigenvalue weighted by molar-refractivity contribution is 4.75. The molecule has 0 spiro atoms. The van der Waals surface area contributed by atoms with E-state index in [2.05, 4.69) is 51.8 Å². The molecule has 0 aliphatic heterocycles. The molecule has 0 aliphatic carbocycles. The summed E-state index contributed by atoms with van der Waals surface area (Å²) in [6.07, 6.45) is 2.53. The molecule has 0 rings (SSSR count). The Hall–Kier alpha value is -0.120. The van der Waals surface area contributed by atoms with Gasteiger partial charge in [0, 0.05) is 19.7 Å². The van der Waals surface area contributed by atoms with Crippen molar-refractivity contribution in [3.63, 3.8) is 0 Å². The lowest BCUT2D eigenvalue weighted by Crippen LogP contribution is -2.47. The monoisotopic (exact) mass is 300 g/mol. The number of hydrogen-bond donors (Lipinski definition) is 1. The van der Waals surface area contributed by atoms with Crippen molar-refractivity contribution in [3.05, 3.63) is 0 Å². The first kappa shape index (κ1) is 20.9. The Morgan fingerprint density at radius 2 is 1.33 bits per heavy atom. The number of rotatable bonds is 13. The average Bonchev–Trinajstić information content (AvgIpc) is 2.37. The highest BCUT2D eigenvalue weighted by Crippen LogP contribution is 2.10. The summed E-state index contributed by atoms with van der Waals surface area (Å²) < 4.78 is 5.47. The Morgan fingerprint density at radius 3 is 1.71 bits per heavy atom. The van der Waals surface area contributed by atoms with Crippen LogP contribution in [0.4, 0.5) is 0 Å². The van der Waals surface area contributed by atoms with Crippen LogP contribution >= 0.6 is 0 Å². The van der Waals surface area contributed by atoms with Crippen molar-refractivity contribution in [1.82, 2.24) is 10.2 Å². The molecular weight excluding hydrogens is 260 g/mol. The highest BCUT2D eigenvalue weighted by Gasteiger charge is 2.18. The van der Waals surface area contributed by atoms with E-state index in [1.54, 1.807) is 0 Å². The summed E-state index contributed by atoms with van der Waals surface area (Å²) >= 11 is 0. The molecule has 0 saturated heterocycles. The molecule has 0 aromatic rings. The third kappa shape index (κ3) is 12.1. The summed E-state index contributed by atoms with van der Waals surface area (Å²) in [5.41, 5.74) is 0. The first-order valence-electron chi connectivity index (χ1n) is 8.80. The van der Waals surface area contributed by atoms with Crippen LogP contribution in [0.5, 0.6) is 0 Å². The number of hydrogen-bond acceptors (Lipinski definition) is 3. The van der Waals surface area contributed by atoms with E-state index in [0.29, 0.717) is 12.0 Å². The molecule has 21 heavy (non-hydrogen) atoms. The second-order valence-corrected chi connectivity index (χ2v) is 7.56. The average molecular weight is 301 g/mol. The van der Waals surface area contributed by atoms with Crippen LogP contribution in [-0.4, -0.2) is 50.8 Å². The molecule has 1 unspecified atom stereocenters. The van der Waals surface area contributed by atoms with Gasteiger partial charge in [0.15, 0.2) is 0 Å². The van der Waals surface area contributed by atoms with Crippen molar-refractivity contribution >= 4 is 0 Å². The van der Waals surface area contributed by atoms with Gasteiger partial charge in [-0.1, -0.05) is 41.5 Å². The lowest BCUT2D eigenvalue weighted by atomic mass is 10.1. The molecule has 3 nitrogen and oxygen atoms in total. The van der Waals surface area contributed by atoms with Gasteiger partial charge >= 0.3 is 0 Å². The Balaban J connectivity index is 4.48. The molecule has 1 N–H and O–H groups in total. The topological polar surface area (TPSA) is 24.5 Å². The standard InChI is InChI=1S/C18H40N2O/c1-15(2)8-10-20(11-9-16(3)4)18(14-21-7)13-19-12-17(5)6/h15-19H,8-14H2,1-7H3. The maximum absolute atomic E-state index is 5.47. The molecule has 0 aromatic heterocycles. The predicted molar refractivity (Wildman–Crippen MR) is 93.9 cm³/mol. The molecule has 3 heteroatoms. The van der Waals surface area contributed by atoms with Gasteiger partial charge in [0.05, 0.1) is 6.61 Å². The Labute approximate surface area is 133 Å². The fourth-order valence-corrected chi connectivity index (χ4v) is 2.35. The van der Waals surface area contributed by atoms with Crippen molar-refractivity contribution in [2.75, 3.05) is 39.9 Å². The number of nitrogens with one attached hydrogen (secondary N) is 1. The molecular formula is C18H40N2O. The number of methoxy groups -OCH3 is 1. The maximum atomic E-state index is 5.47. The van der Waals surface area contributed by atoms with Crippen LogP contribution in [0.25, 0.3) is 0 Å². The zero-order chi connectivity index (χ0) is 16.3. The van der Waals surface area contributed by atoms with E-state index in [4.69, 9.17) is 4.74 Å². The van der Waals surface area contributed by atoms with Gasteiger partial charge in [-0.3, -0.25) is 4.90 Å². The molecule has 0 bridgehead atoms. The molecule has 0 heterocycles. The molecule has 128 valence electrons. The van der Waals surface area contributed by atoms with E-state index in [9.17, 15) is 0 Å². The van der Waals surface area contributed by atoms with Crippen LogP contribution in [-0.2, 0) is 4.74 Å². The van der Waals surface area contributed by atoms with Gasteiger partial charge in [-0.25, -0.2) is 0 Å². The van der Waals surface area contributed by atoms with Gasteiger partial charge in [0.2, 0.25) is 0 Å². The van der Waals surface area contributed by atoms with Crippen molar-refractivity contribution in [2.24, 2.45) is 17.8 Å². The van der Waals surface area contributed by atoms with E-state index in [1.807, 2.05) is 7.11 Å². The quantitative estimate of drug-likeness (QED) is 0.562. The summed E-state index contributed by atoms with van der Waals surface area (Å²) in [6, 6.07) is 0.492. The Kier molecular flexibility index (Phi) is 12.4. The smallest absolute Gasteiger partial charge is 0.0630 e. The Morgan fingerprint density at radius 1 is 0.810 bits per heavy atom. The third-order valence-electron chi connectivity index (χ3n) is 3.80. The number of ether oxygens (including phenoxy) is 1. The van der Waals surface area contributed by atoms with Crippen LogP contribution < -0.4 is 5.32 Å². The van der Waals surface area contributed by atoms with Gasteiger partial charge in [-0.2, -0.15) is 0 Å². The Bertz CT molecular complexity index is 217. The lowest BCUT2D eigenvalue weighted by Gasteiger charge is -2.33. The van der Waals surface area contributed by atoms with Crippen LogP contribution in [0.3, 0.4) is 0 Å². The van der Waals surface area contributed by atoms with Gasteiger partial charge in [-0.15, -0.1) is 0 Å². The second-order valence-electron chi connectivity index (χ2n) is 7.56. The molecule has 0 radical (unpaired) electrons. The predicted octanol–water partition coefficient (Wildman–Crippen LogP) is 3.64. The second kappa shape index (κ2) is 12.4. The van der Waals surface area contributed by atoms with Gasteiger partial charge < -0.3 is 10.1 Å². The fraction of sp³-hybridized carbons (Fsp3) is 1.00. The van der Waals surface area contributed by atoms with Crippen LogP contribution in [0, 0.1) is 17.8 Å². The van der Waals surface area contributed by atoms with Crippen molar-refractivity contribution in [1.29, 1.82) is 0 Å². The first-order valence-corrected chi connectivity index (χ1v) is 8.80. The van der Waals surface area contributed by atoms with E-state index >= 15 is 0 Å². The summed E-state index contributed by atoms with van der Waals surface area (Å²) in [5, 5.41) is 3.60. The van der Waals surface area contributed by atoms with Crippen LogP contribution in [0.2, 0.25) is 0 Å². The molecule has 0 aromatic carbocycles. The zero-order valence-corrected chi connectivity index (χ0v) is 15.6. The van der Waals surface area contributed by atoms with Crippen molar-refractivity contribution in [3.8, 4) is 0 Å².